The van der Waals surface area contributed by atoms with E-state index < -0.39 is 0 Å². The summed E-state index contributed by atoms with van der Waals surface area (Å²) in [4.78, 5) is 0. The maximum atomic E-state index is 9.37. The lowest BCUT2D eigenvalue weighted by atomic mass is 9.80. The topological polar surface area (TPSA) is 46.2 Å². The molecule has 0 heterocycles. The van der Waals surface area contributed by atoms with Gasteiger partial charge in [-0.3, -0.25) is 0 Å². The zero-order chi connectivity index (χ0) is 11.5. The Morgan fingerprint density at radius 1 is 1.40 bits per heavy atom. The molecule has 0 amide bonds. The zero-order valence-electron chi connectivity index (χ0n) is 9.62. The highest BCUT2D eigenvalue weighted by Crippen LogP contribution is 2.36. The van der Waals surface area contributed by atoms with Gasteiger partial charge in [0.1, 0.15) is 0 Å². The van der Waals surface area contributed by atoms with Crippen molar-refractivity contribution in [2.45, 2.75) is 20.8 Å². The number of rotatable bonds is 3. The van der Waals surface area contributed by atoms with E-state index in [1.165, 1.54) is 0 Å². The van der Waals surface area contributed by atoms with Gasteiger partial charge in [-0.2, -0.15) is 0 Å². The summed E-state index contributed by atoms with van der Waals surface area (Å²) in [5.74, 6) is 0. The maximum Gasteiger partial charge on any atom is 0.0522 e. The summed E-state index contributed by atoms with van der Waals surface area (Å²) in [5, 5.41) is 9.37. The van der Waals surface area contributed by atoms with E-state index in [1.54, 1.807) is 0 Å². The van der Waals surface area contributed by atoms with Crippen molar-refractivity contribution in [2.75, 3.05) is 12.3 Å². The van der Waals surface area contributed by atoms with E-state index in [2.05, 4.69) is 0 Å². The fourth-order valence-corrected chi connectivity index (χ4v) is 1.74. The lowest BCUT2D eigenvalue weighted by molar-refractivity contribution is 0.206. The molecule has 0 atom stereocenters. The maximum absolute atomic E-state index is 9.37. The van der Waals surface area contributed by atoms with Crippen LogP contribution in [0.4, 0.5) is 5.69 Å². The normalized spacial score (nSPS) is 12.9. The highest BCUT2D eigenvalue weighted by Gasteiger charge is 2.23. The van der Waals surface area contributed by atoms with Crippen molar-refractivity contribution in [3.05, 3.63) is 35.9 Å². The van der Waals surface area contributed by atoms with Crippen LogP contribution in [0.1, 0.15) is 26.3 Å². The molecule has 0 aliphatic carbocycles. The Labute approximate surface area is 91.4 Å². The molecule has 1 rings (SSSR count). The number of hydrogen-bond donors (Lipinski definition) is 2. The van der Waals surface area contributed by atoms with Crippen molar-refractivity contribution in [1.29, 1.82) is 0 Å². The Hall–Kier alpha value is -1.28. The summed E-state index contributed by atoms with van der Waals surface area (Å²) in [5.41, 5.74) is 8.52. The molecule has 0 unspecified atom stereocenters. The number of benzene rings is 1. The predicted octanol–water partition coefficient (Wildman–Crippen LogP) is 2.69. The van der Waals surface area contributed by atoms with Crippen LogP contribution in [0.5, 0.6) is 0 Å². The fraction of sp³-hybridized carbons (Fsp3) is 0.385. The average molecular weight is 205 g/mol. The molecule has 82 valence electrons. The summed E-state index contributed by atoms with van der Waals surface area (Å²) in [6.07, 6.45) is 2.02. The molecule has 0 aliphatic rings. The molecule has 3 N–H and O–H groups in total. The summed E-state index contributed by atoms with van der Waals surface area (Å²) in [7, 11) is 0. The van der Waals surface area contributed by atoms with Gasteiger partial charge in [-0.15, -0.1) is 0 Å². The highest BCUT2D eigenvalue weighted by atomic mass is 16.3. The SMILES string of the molecule is CC=C(c1ccccc1N)C(C)(C)CO. The minimum Gasteiger partial charge on any atom is -0.398 e. The third-order valence-corrected chi connectivity index (χ3v) is 2.66. The van der Waals surface area contributed by atoms with Gasteiger partial charge in [0.25, 0.3) is 0 Å². The van der Waals surface area contributed by atoms with Crippen molar-refractivity contribution < 1.29 is 5.11 Å². The second-order valence-electron chi connectivity index (χ2n) is 4.33. The van der Waals surface area contributed by atoms with Crippen molar-refractivity contribution in [3.8, 4) is 0 Å². The fourth-order valence-electron chi connectivity index (χ4n) is 1.74. The molecule has 2 nitrogen and oxygen atoms in total. The Balaban J connectivity index is 3.22. The van der Waals surface area contributed by atoms with Crippen LogP contribution < -0.4 is 5.73 Å². The molecular formula is C13H19NO. The van der Waals surface area contributed by atoms with Crippen LogP contribution >= 0.6 is 0 Å². The molecule has 0 saturated heterocycles. The average Bonchev–Trinajstić information content (AvgIpc) is 2.21. The molecule has 1 aromatic rings. The number of para-hydroxylation sites is 1. The standard InChI is InChI=1S/C13H19NO/c1-4-11(13(2,3)9-15)10-7-5-6-8-12(10)14/h4-8,15H,9,14H2,1-3H3. The van der Waals surface area contributed by atoms with Gasteiger partial charge in [0, 0.05) is 16.7 Å². The zero-order valence-corrected chi connectivity index (χ0v) is 9.62. The second-order valence-corrected chi connectivity index (χ2v) is 4.33. The quantitative estimate of drug-likeness (QED) is 0.745. The lowest BCUT2D eigenvalue weighted by Crippen LogP contribution is -2.19. The first kappa shape index (κ1) is 11.8. The number of hydrogen-bond acceptors (Lipinski definition) is 2. The smallest absolute Gasteiger partial charge is 0.0522 e. The van der Waals surface area contributed by atoms with Crippen molar-refractivity contribution in [3.63, 3.8) is 0 Å². The molecule has 0 fully saturated rings. The van der Waals surface area contributed by atoms with Crippen molar-refractivity contribution in [1.82, 2.24) is 0 Å². The number of nitrogen functional groups attached to an aromatic ring is 1. The van der Waals surface area contributed by atoms with E-state index in [0.717, 1.165) is 16.8 Å². The molecule has 0 aliphatic heterocycles. The molecule has 0 bridgehead atoms. The van der Waals surface area contributed by atoms with Gasteiger partial charge in [-0.05, 0) is 18.6 Å². The number of anilines is 1. The number of aliphatic hydroxyl groups is 1. The highest BCUT2D eigenvalue weighted by molar-refractivity contribution is 5.77. The Kier molecular flexibility index (Phi) is 3.53. The number of aliphatic hydroxyl groups excluding tert-OH is 1. The van der Waals surface area contributed by atoms with Crippen LogP contribution in [0.15, 0.2) is 30.3 Å². The summed E-state index contributed by atoms with van der Waals surface area (Å²) in [6, 6.07) is 7.75. The van der Waals surface area contributed by atoms with Crippen LogP contribution in [-0.4, -0.2) is 11.7 Å². The lowest BCUT2D eigenvalue weighted by Gasteiger charge is -2.26. The molecule has 0 spiro atoms. The first-order chi connectivity index (χ1) is 7.03. The molecule has 0 aromatic heterocycles. The minimum absolute atomic E-state index is 0.112. The van der Waals surface area contributed by atoms with E-state index in [9.17, 15) is 5.11 Å². The molecule has 15 heavy (non-hydrogen) atoms. The van der Waals surface area contributed by atoms with Gasteiger partial charge >= 0.3 is 0 Å². The molecule has 0 radical (unpaired) electrons. The van der Waals surface area contributed by atoms with Crippen molar-refractivity contribution >= 4 is 11.3 Å². The number of allylic oxidation sites excluding steroid dienone is 1. The van der Waals surface area contributed by atoms with Crippen LogP contribution in [-0.2, 0) is 0 Å². The number of nitrogens with two attached hydrogens (primary N) is 1. The Morgan fingerprint density at radius 2 is 2.00 bits per heavy atom. The van der Waals surface area contributed by atoms with Gasteiger partial charge in [0.2, 0.25) is 0 Å². The van der Waals surface area contributed by atoms with Gasteiger partial charge in [0.05, 0.1) is 6.61 Å². The van der Waals surface area contributed by atoms with Gasteiger partial charge in [0.15, 0.2) is 0 Å². The molecule has 1 aromatic carbocycles. The minimum atomic E-state index is -0.260. The van der Waals surface area contributed by atoms with Crippen LogP contribution in [0, 0.1) is 5.41 Å². The summed E-state index contributed by atoms with van der Waals surface area (Å²) in [6.45, 7) is 6.10. The van der Waals surface area contributed by atoms with E-state index in [0.29, 0.717) is 0 Å². The predicted molar refractivity (Wildman–Crippen MR) is 65.4 cm³/mol. The third kappa shape index (κ3) is 2.39. The van der Waals surface area contributed by atoms with E-state index in [-0.39, 0.29) is 12.0 Å². The van der Waals surface area contributed by atoms with Gasteiger partial charge in [-0.1, -0.05) is 38.1 Å². The summed E-state index contributed by atoms with van der Waals surface area (Å²) >= 11 is 0. The first-order valence-electron chi connectivity index (χ1n) is 5.15. The van der Waals surface area contributed by atoms with E-state index in [1.807, 2.05) is 51.1 Å². The van der Waals surface area contributed by atoms with Gasteiger partial charge in [-0.25, -0.2) is 0 Å². The largest absolute Gasteiger partial charge is 0.398 e. The Bertz CT molecular complexity index is 367. The first-order valence-corrected chi connectivity index (χ1v) is 5.15. The summed E-state index contributed by atoms with van der Waals surface area (Å²) < 4.78 is 0. The van der Waals surface area contributed by atoms with Crippen LogP contribution in [0.2, 0.25) is 0 Å². The molecule has 0 saturated carbocycles. The van der Waals surface area contributed by atoms with Crippen LogP contribution in [0.3, 0.4) is 0 Å². The van der Waals surface area contributed by atoms with Crippen LogP contribution in [0.25, 0.3) is 5.57 Å². The Morgan fingerprint density at radius 3 is 2.47 bits per heavy atom. The van der Waals surface area contributed by atoms with E-state index in [4.69, 9.17) is 5.73 Å². The van der Waals surface area contributed by atoms with E-state index >= 15 is 0 Å². The third-order valence-electron chi connectivity index (χ3n) is 2.66. The van der Waals surface area contributed by atoms with Gasteiger partial charge < -0.3 is 10.8 Å². The van der Waals surface area contributed by atoms with Crippen molar-refractivity contribution in [2.24, 2.45) is 5.41 Å². The second kappa shape index (κ2) is 4.49. The monoisotopic (exact) mass is 205 g/mol. The molecular weight excluding hydrogens is 186 g/mol. The molecule has 2 heteroatoms.